The number of hydrogen-bond donors (Lipinski definition) is 0. The Kier molecular flexibility index (Phi) is 3.96. The lowest BCUT2D eigenvalue weighted by Crippen LogP contribution is -2.45. The van der Waals surface area contributed by atoms with Gasteiger partial charge < -0.3 is 14.2 Å². The number of benzene rings is 1. The lowest BCUT2D eigenvalue weighted by molar-refractivity contribution is -0.138. The fraction of sp³-hybridized carbons (Fsp3) is 0.500. The number of carbonyl (C=O) groups is 1. The molecule has 2 aromatic rings. The fourth-order valence-electron chi connectivity index (χ4n) is 3.61. The highest BCUT2D eigenvalue weighted by Gasteiger charge is 2.33. The van der Waals surface area contributed by atoms with E-state index in [1.54, 1.807) is 6.92 Å². The molecule has 2 atom stereocenters. The predicted octanol–water partition coefficient (Wildman–Crippen LogP) is 2.34. The van der Waals surface area contributed by atoms with Crippen LogP contribution in [0.15, 0.2) is 28.8 Å². The Morgan fingerprint density at radius 3 is 3.04 bits per heavy atom. The molecular weight excluding hydrogens is 306 g/mol. The predicted molar refractivity (Wildman–Crippen MR) is 86.7 cm³/mol. The molecule has 6 nitrogen and oxygen atoms in total. The van der Waals surface area contributed by atoms with Gasteiger partial charge in [0.25, 0.3) is 0 Å². The van der Waals surface area contributed by atoms with Gasteiger partial charge in [-0.15, -0.1) is 0 Å². The molecule has 0 saturated carbocycles. The van der Waals surface area contributed by atoms with Crippen molar-refractivity contribution in [3.8, 4) is 5.75 Å². The van der Waals surface area contributed by atoms with Gasteiger partial charge in [-0.25, -0.2) is 0 Å². The van der Waals surface area contributed by atoms with Crippen molar-refractivity contribution in [1.82, 2.24) is 15.0 Å². The second-order valence-corrected chi connectivity index (χ2v) is 6.61. The largest absolute Gasteiger partial charge is 0.492 e. The van der Waals surface area contributed by atoms with Gasteiger partial charge in [0.05, 0.1) is 5.92 Å². The number of hydrogen-bond acceptors (Lipinski definition) is 5. The molecule has 1 aromatic carbocycles. The summed E-state index contributed by atoms with van der Waals surface area (Å²) in [6.07, 6.45) is 2.71. The van der Waals surface area contributed by atoms with E-state index in [9.17, 15) is 4.79 Å². The number of nitrogens with zero attached hydrogens (tertiary/aromatic N) is 3. The Morgan fingerprint density at radius 2 is 2.21 bits per heavy atom. The number of ether oxygens (including phenoxy) is 1. The molecule has 0 aliphatic carbocycles. The van der Waals surface area contributed by atoms with Crippen LogP contribution in [0.3, 0.4) is 0 Å². The van der Waals surface area contributed by atoms with E-state index >= 15 is 0 Å². The SMILES string of the molecule is Cc1nc([C@@H]2CCCN(C(=O)[C@@H]3COc4ccccc4C3)C2)no1. The van der Waals surface area contributed by atoms with Crippen LogP contribution in [-0.2, 0) is 11.2 Å². The van der Waals surface area contributed by atoms with Gasteiger partial charge in [-0.3, -0.25) is 4.79 Å². The quantitative estimate of drug-likeness (QED) is 0.847. The molecule has 1 fully saturated rings. The van der Waals surface area contributed by atoms with E-state index in [4.69, 9.17) is 9.26 Å². The van der Waals surface area contributed by atoms with Gasteiger partial charge in [0.1, 0.15) is 12.4 Å². The van der Waals surface area contributed by atoms with E-state index < -0.39 is 0 Å². The zero-order valence-corrected chi connectivity index (χ0v) is 13.8. The third kappa shape index (κ3) is 2.88. The molecule has 0 spiro atoms. The Bertz CT molecular complexity index is 743. The number of amides is 1. The van der Waals surface area contributed by atoms with Crippen molar-refractivity contribution >= 4 is 5.91 Å². The normalized spacial score (nSPS) is 23.5. The first-order valence-electron chi connectivity index (χ1n) is 8.50. The van der Waals surface area contributed by atoms with Crippen LogP contribution in [0.4, 0.5) is 0 Å². The lowest BCUT2D eigenvalue weighted by Gasteiger charge is -2.35. The third-order valence-electron chi connectivity index (χ3n) is 4.87. The first-order valence-corrected chi connectivity index (χ1v) is 8.50. The summed E-state index contributed by atoms with van der Waals surface area (Å²) < 4.78 is 10.9. The van der Waals surface area contributed by atoms with Crippen molar-refractivity contribution < 1.29 is 14.1 Å². The molecule has 0 N–H and O–H groups in total. The van der Waals surface area contributed by atoms with Crippen LogP contribution in [0.1, 0.15) is 36.0 Å². The highest BCUT2D eigenvalue weighted by Crippen LogP contribution is 2.30. The highest BCUT2D eigenvalue weighted by atomic mass is 16.5. The molecule has 1 amide bonds. The summed E-state index contributed by atoms with van der Waals surface area (Å²) in [6, 6.07) is 7.95. The van der Waals surface area contributed by atoms with Crippen molar-refractivity contribution in [1.29, 1.82) is 0 Å². The maximum absolute atomic E-state index is 12.9. The second kappa shape index (κ2) is 6.26. The van der Waals surface area contributed by atoms with Crippen molar-refractivity contribution in [3.63, 3.8) is 0 Å². The number of piperidine rings is 1. The van der Waals surface area contributed by atoms with Crippen molar-refractivity contribution in [2.75, 3.05) is 19.7 Å². The number of aromatic nitrogens is 2. The first-order chi connectivity index (χ1) is 11.7. The van der Waals surface area contributed by atoms with Gasteiger partial charge in [-0.05, 0) is 30.9 Å². The number of aryl methyl sites for hydroxylation is 1. The van der Waals surface area contributed by atoms with Crippen molar-refractivity contribution in [2.45, 2.75) is 32.1 Å². The van der Waals surface area contributed by atoms with E-state index in [1.165, 1.54) is 0 Å². The van der Waals surface area contributed by atoms with Crippen LogP contribution in [0.5, 0.6) is 5.75 Å². The second-order valence-electron chi connectivity index (χ2n) is 6.61. The standard InChI is InChI=1S/C18H21N3O3/c1-12-19-17(20-24-12)14-6-4-8-21(10-14)18(22)15-9-13-5-2-3-7-16(13)23-11-15/h2-3,5,7,14-15H,4,6,8-11H2,1H3/t14-,15+/m1/s1. The van der Waals surface area contributed by atoms with E-state index in [1.807, 2.05) is 29.2 Å². The lowest BCUT2D eigenvalue weighted by atomic mass is 9.92. The van der Waals surface area contributed by atoms with Crippen LogP contribution < -0.4 is 4.74 Å². The van der Waals surface area contributed by atoms with Crippen LogP contribution in [0.25, 0.3) is 0 Å². The number of fused-ring (bicyclic) bond motifs is 1. The molecule has 4 rings (SSSR count). The molecule has 3 heterocycles. The third-order valence-corrected chi connectivity index (χ3v) is 4.87. The molecule has 126 valence electrons. The summed E-state index contributed by atoms with van der Waals surface area (Å²) in [4.78, 5) is 19.2. The minimum absolute atomic E-state index is 0.106. The van der Waals surface area contributed by atoms with Gasteiger partial charge in [0.2, 0.25) is 11.8 Å². The zero-order chi connectivity index (χ0) is 16.5. The molecule has 6 heteroatoms. The average molecular weight is 327 g/mol. The molecule has 0 radical (unpaired) electrons. The van der Waals surface area contributed by atoms with Crippen molar-refractivity contribution in [2.24, 2.45) is 5.92 Å². The van der Waals surface area contributed by atoms with Crippen LogP contribution in [0, 0.1) is 12.8 Å². The molecule has 0 unspecified atom stereocenters. The Morgan fingerprint density at radius 1 is 1.33 bits per heavy atom. The van der Waals surface area contributed by atoms with Crippen LogP contribution in [0.2, 0.25) is 0 Å². The maximum Gasteiger partial charge on any atom is 0.229 e. The summed E-state index contributed by atoms with van der Waals surface area (Å²) in [7, 11) is 0. The summed E-state index contributed by atoms with van der Waals surface area (Å²) in [5.74, 6) is 2.43. The average Bonchev–Trinajstić information content (AvgIpc) is 3.07. The van der Waals surface area contributed by atoms with Gasteiger partial charge in [0, 0.05) is 25.9 Å². The zero-order valence-electron chi connectivity index (χ0n) is 13.8. The van der Waals surface area contributed by atoms with Gasteiger partial charge in [-0.2, -0.15) is 4.98 Å². The number of carbonyl (C=O) groups excluding carboxylic acids is 1. The molecule has 1 aromatic heterocycles. The topological polar surface area (TPSA) is 68.5 Å². The number of likely N-dealkylation sites (tertiary alicyclic amines) is 1. The van der Waals surface area contributed by atoms with Gasteiger partial charge in [-0.1, -0.05) is 23.4 Å². The van der Waals surface area contributed by atoms with E-state index in [0.717, 1.165) is 42.9 Å². The monoisotopic (exact) mass is 327 g/mol. The Labute approximate surface area is 140 Å². The minimum atomic E-state index is -0.106. The fourth-order valence-corrected chi connectivity index (χ4v) is 3.61. The molecule has 24 heavy (non-hydrogen) atoms. The summed E-state index contributed by atoms with van der Waals surface area (Å²) in [5.41, 5.74) is 1.12. The first kappa shape index (κ1) is 15.2. The number of rotatable bonds is 2. The van der Waals surface area contributed by atoms with Crippen molar-refractivity contribution in [3.05, 3.63) is 41.5 Å². The molecular formula is C18H21N3O3. The summed E-state index contributed by atoms with van der Waals surface area (Å²) in [5, 5.41) is 4.03. The highest BCUT2D eigenvalue weighted by molar-refractivity contribution is 5.80. The molecule has 2 aliphatic rings. The summed E-state index contributed by atoms with van der Waals surface area (Å²) in [6.45, 7) is 3.71. The van der Waals surface area contributed by atoms with Gasteiger partial charge in [0.15, 0.2) is 5.82 Å². The Balaban J connectivity index is 1.45. The maximum atomic E-state index is 12.9. The smallest absolute Gasteiger partial charge is 0.229 e. The van der Waals surface area contributed by atoms with Crippen LogP contribution >= 0.6 is 0 Å². The van der Waals surface area contributed by atoms with Crippen LogP contribution in [-0.4, -0.2) is 40.6 Å². The number of para-hydroxylation sites is 1. The molecule has 2 aliphatic heterocycles. The van der Waals surface area contributed by atoms with E-state index in [0.29, 0.717) is 19.0 Å². The Hall–Kier alpha value is -2.37. The summed E-state index contributed by atoms with van der Waals surface area (Å²) >= 11 is 0. The van der Waals surface area contributed by atoms with Gasteiger partial charge >= 0.3 is 0 Å². The van der Waals surface area contributed by atoms with E-state index in [-0.39, 0.29) is 17.7 Å². The molecule has 1 saturated heterocycles. The minimum Gasteiger partial charge on any atom is -0.492 e. The van der Waals surface area contributed by atoms with E-state index in [2.05, 4.69) is 10.1 Å². The molecule has 0 bridgehead atoms.